The Balaban J connectivity index is 2.34. The largest absolute Gasteiger partial charge is 0.476 e. The van der Waals surface area contributed by atoms with Crippen LogP contribution in [0.2, 0.25) is 0 Å². The van der Waals surface area contributed by atoms with Crippen LogP contribution in [0.4, 0.5) is 0 Å². The van der Waals surface area contributed by atoms with Crippen molar-refractivity contribution in [2.75, 3.05) is 19.8 Å². The number of aromatic nitrogens is 1. The van der Waals surface area contributed by atoms with E-state index in [2.05, 4.69) is 10.3 Å². The van der Waals surface area contributed by atoms with E-state index in [1.165, 1.54) is 5.38 Å². The molecular weight excluding hydrogens is 244 g/mol. The van der Waals surface area contributed by atoms with Crippen molar-refractivity contribution < 1.29 is 19.4 Å². The van der Waals surface area contributed by atoms with E-state index in [1.807, 2.05) is 6.92 Å². The van der Waals surface area contributed by atoms with E-state index < -0.39 is 5.97 Å². The number of amides is 1. The number of hydrogen-bond acceptors (Lipinski definition) is 5. The summed E-state index contributed by atoms with van der Waals surface area (Å²) in [6.45, 7) is 3.64. The summed E-state index contributed by atoms with van der Waals surface area (Å²) >= 11 is 1.02. The van der Waals surface area contributed by atoms with Gasteiger partial charge in [0.15, 0.2) is 10.7 Å². The quantitative estimate of drug-likeness (QED) is 0.712. The molecule has 17 heavy (non-hydrogen) atoms. The van der Waals surface area contributed by atoms with Gasteiger partial charge in [-0.2, -0.15) is 0 Å². The molecule has 0 aliphatic heterocycles. The molecule has 0 atom stereocenters. The second-order valence-electron chi connectivity index (χ2n) is 3.15. The average Bonchev–Trinajstić information content (AvgIpc) is 2.78. The number of carboxylic acid groups (broad SMARTS) is 1. The molecule has 0 saturated carbocycles. The highest BCUT2D eigenvalue weighted by Crippen LogP contribution is 2.09. The van der Waals surface area contributed by atoms with Crippen LogP contribution < -0.4 is 5.32 Å². The Morgan fingerprint density at radius 2 is 2.35 bits per heavy atom. The third-order valence-corrected chi connectivity index (χ3v) is 2.71. The molecule has 0 radical (unpaired) electrons. The molecule has 1 rings (SSSR count). The van der Waals surface area contributed by atoms with Crippen LogP contribution in [0.5, 0.6) is 0 Å². The Kier molecular flexibility index (Phi) is 5.58. The Morgan fingerprint density at radius 1 is 1.59 bits per heavy atom. The van der Waals surface area contributed by atoms with Crippen molar-refractivity contribution in [3.63, 3.8) is 0 Å². The molecule has 2 N–H and O–H groups in total. The van der Waals surface area contributed by atoms with Crippen LogP contribution in [0.3, 0.4) is 0 Å². The number of carboxylic acids is 1. The van der Waals surface area contributed by atoms with Crippen molar-refractivity contribution in [1.82, 2.24) is 10.3 Å². The highest BCUT2D eigenvalue weighted by Gasteiger charge is 2.13. The van der Waals surface area contributed by atoms with Gasteiger partial charge in [-0.1, -0.05) is 0 Å². The second kappa shape index (κ2) is 6.97. The zero-order valence-electron chi connectivity index (χ0n) is 9.43. The summed E-state index contributed by atoms with van der Waals surface area (Å²) in [5.74, 6) is -1.48. The monoisotopic (exact) mass is 258 g/mol. The van der Waals surface area contributed by atoms with E-state index in [0.717, 1.165) is 17.8 Å². The van der Waals surface area contributed by atoms with Crippen molar-refractivity contribution in [2.24, 2.45) is 0 Å². The number of nitrogens with zero attached hydrogens (tertiary/aromatic N) is 1. The van der Waals surface area contributed by atoms with E-state index in [1.54, 1.807) is 0 Å². The van der Waals surface area contributed by atoms with Crippen LogP contribution in [-0.4, -0.2) is 41.7 Å². The number of carbonyl (C=O) groups is 2. The average molecular weight is 258 g/mol. The van der Waals surface area contributed by atoms with Crippen molar-refractivity contribution in [3.05, 3.63) is 16.1 Å². The van der Waals surface area contributed by atoms with Gasteiger partial charge in [0, 0.05) is 25.1 Å². The molecule has 0 fully saturated rings. The molecule has 0 spiro atoms. The van der Waals surface area contributed by atoms with Gasteiger partial charge in [0.2, 0.25) is 0 Å². The summed E-state index contributed by atoms with van der Waals surface area (Å²) in [4.78, 5) is 25.8. The van der Waals surface area contributed by atoms with E-state index in [9.17, 15) is 9.59 Å². The Hall–Kier alpha value is -1.47. The molecule has 1 amide bonds. The first-order valence-corrected chi connectivity index (χ1v) is 6.08. The van der Waals surface area contributed by atoms with Gasteiger partial charge in [0.05, 0.1) is 0 Å². The van der Waals surface area contributed by atoms with Gasteiger partial charge >= 0.3 is 5.97 Å². The first kappa shape index (κ1) is 13.6. The molecular formula is C10H14N2O4S. The van der Waals surface area contributed by atoms with Crippen molar-refractivity contribution in [3.8, 4) is 0 Å². The van der Waals surface area contributed by atoms with Gasteiger partial charge in [-0.3, -0.25) is 4.79 Å². The van der Waals surface area contributed by atoms with E-state index in [0.29, 0.717) is 19.8 Å². The van der Waals surface area contributed by atoms with Gasteiger partial charge < -0.3 is 15.2 Å². The number of carbonyl (C=O) groups excluding carboxylic acids is 1. The first-order chi connectivity index (χ1) is 8.15. The van der Waals surface area contributed by atoms with Crippen LogP contribution in [0, 0.1) is 0 Å². The summed E-state index contributed by atoms with van der Waals surface area (Å²) in [7, 11) is 0. The van der Waals surface area contributed by atoms with Crippen molar-refractivity contribution >= 4 is 23.2 Å². The van der Waals surface area contributed by atoms with Crippen LogP contribution >= 0.6 is 11.3 Å². The molecule has 7 heteroatoms. The number of thiazole rings is 1. The zero-order valence-corrected chi connectivity index (χ0v) is 10.2. The summed E-state index contributed by atoms with van der Waals surface area (Å²) in [6, 6.07) is 0. The molecule has 0 bridgehead atoms. The smallest absolute Gasteiger partial charge is 0.355 e. The normalized spacial score (nSPS) is 10.2. The van der Waals surface area contributed by atoms with Gasteiger partial charge in [0.1, 0.15) is 0 Å². The minimum Gasteiger partial charge on any atom is -0.476 e. The maximum Gasteiger partial charge on any atom is 0.355 e. The highest BCUT2D eigenvalue weighted by molar-refractivity contribution is 7.11. The number of rotatable bonds is 7. The SMILES string of the molecule is CCOCCCNC(=O)c1nc(C(=O)O)cs1. The molecule has 1 aromatic rings. The van der Waals surface area contributed by atoms with Crippen LogP contribution in [0.15, 0.2) is 5.38 Å². The predicted octanol–water partition coefficient (Wildman–Crippen LogP) is 0.998. The van der Waals surface area contributed by atoms with Crippen LogP contribution in [0.1, 0.15) is 33.6 Å². The van der Waals surface area contributed by atoms with Gasteiger partial charge in [0.25, 0.3) is 5.91 Å². The summed E-state index contributed by atoms with van der Waals surface area (Å²) in [5.41, 5.74) is -0.102. The summed E-state index contributed by atoms with van der Waals surface area (Å²) in [5, 5.41) is 12.8. The topological polar surface area (TPSA) is 88.5 Å². The van der Waals surface area contributed by atoms with E-state index in [-0.39, 0.29) is 16.6 Å². The number of ether oxygens (including phenoxy) is 1. The molecule has 94 valence electrons. The number of hydrogen-bond donors (Lipinski definition) is 2. The van der Waals surface area contributed by atoms with E-state index in [4.69, 9.17) is 9.84 Å². The summed E-state index contributed by atoms with van der Waals surface area (Å²) in [6.07, 6.45) is 0.719. The Labute approximate surface area is 103 Å². The maximum atomic E-state index is 11.5. The number of nitrogens with one attached hydrogen (secondary N) is 1. The van der Waals surface area contributed by atoms with Crippen LogP contribution in [-0.2, 0) is 4.74 Å². The molecule has 1 heterocycles. The third-order valence-electron chi connectivity index (χ3n) is 1.87. The summed E-state index contributed by atoms with van der Waals surface area (Å²) < 4.78 is 5.11. The molecule has 6 nitrogen and oxygen atoms in total. The second-order valence-corrected chi connectivity index (χ2v) is 4.01. The molecule has 0 aromatic carbocycles. The fraction of sp³-hybridized carbons (Fsp3) is 0.500. The minimum atomic E-state index is -1.13. The van der Waals surface area contributed by atoms with Crippen molar-refractivity contribution in [2.45, 2.75) is 13.3 Å². The zero-order chi connectivity index (χ0) is 12.7. The van der Waals surface area contributed by atoms with Crippen LogP contribution in [0.25, 0.3) is 0 Å². The lowest BCUT2D eigenvalue weighted by molar-refractivity contribution is 0.0691. The van der Waals surface area contributed by atoms with Gasteiger partial charge in [-0.05, 0) is 13.3 Å². The lowest BCUT2D eigenvalue weighted by Crippen LogP contribution is -2.25. The molecule has 0 aliphatic rings. The molecule has 0 aliphatic carbocycles. The third kappa shape index (κ3) is 4.49. The predicted molar refractivity (Wildman–Crippen MR) is 62.5 cm³/mol. The fourth-order valence-electron chi connectivity index (χ4n) is 1.07. The molecule has 0 unspecified atom stereocenters. The Morgan fingerprint density at radius 3 is 2.94 bits per heavy atom. The van der Waals surface area contributed by atoms with Gasteiger partial charge in [-0.25, -0.2) is 9.78 Å². The molecule has 0 saturated heterocycles. The Bertz CT molecular complexity index is 391. The van der Waals surface area contributed by atoms with E-state index >= 15 is 0 Å². The minimum absolute atomic E-state index is 0.102. The lowest BCUT2D eigenvalue weighted by atomic mass is 10.4. The standard InChI is InChI=1S/C10H14N2O4S/c1-2-16-5-3-4-11-8(13)9-12-7(6-17-9)10(14)15/h6H,2-5H2,1H3,(H,11,13)(H,14,15). The first-order valence-electron chi connectivity index (χ1n) is 5.20. The maximum absolute atomic E-state index is 11.5. The highest BCUT2D eigenvalue weighted by atomic mass is 32.1. The number of aromatic carboxylic acids is 1. The molecule has 1 aromatic heterocycles. The van der Waals surface area contributed by atoms with Gasteiger partial charge in [-0.15, -0.1) is 11.3 Å². The fourth-order valence-corrected chi connectivity index (χ4v) is 1.78. The lowest BCUT2D eigenvalue weighted by Gasteiger charge is -2.02. The van der Waals surface area contributed by atoms with Crippen molar-refractivity contribution in [1.29, 1.82) is 0 Å².